The summed E-state index contributed by atoms with van der Waals surface area (Å²) in [6, 6.07) is 3.03. The molecule has 1 amide bonds. The molecule has 1 aromatic carbocycles. The fourth-order valence-electron chi connectivity index (χ4n) is 2.91. The Labute approximate surface area is 208 Å². The molecule has 1 unspecified atom stereocenters. The smallest absolute Gasteiger partial charge is 0.311 e. The fraction of sp³-hybridized carbons (Fsp3) is 0.318. The van der Waals surface area contributed by atoms with Crippen molar-refractivity contribution in [2.75, 3.05) is 17.7 Å². The maximum atomic E-state index is 14.0. The molecule has 0 saturated heterocycles. The van der Waals surface area contributed by atoms with E-state index in [9.17, 15) is 18.4 Å². The van der Waals surface area contributed by atoms with E-state index in [1.165, 1.54) is 17.4 Å². The highest BCUT2D eigenvalue weighted by Gasteiger charge is 2.21. The molecular formula is C22H23F2N5O4S2. The van der Waals surface area contributed by atoms with Gasteiger partial charge < -0.3 is 14.8 Å². The van der Waals surface area contributed by atoms with Crippen molar-refractivity contribution in [1.29, 1.82) is 0 Å². The Morgan fingerprint density at radius 1 is 1.34 bits per heavy atom. The van der Waals surface area contributed by atoms with Crippen LogP contribution in [0.5, 0.6) is 5.75 Å². The third-order valence-corrected chi connectivity index (χ3v) is 6.15. The number of nitrogens with zero attached hydrogens (tertiary/aromatic N) is 4. The van der Waals surface area contributed by atoms with Crippen LogP contribution in [0.1, 0.15) is 31.5 Å². The fourth-order valence-corrected chi connectivity index (χ4v) is 4.39. The second-order valence-corrected chi connectivity index (χ2v) is 8.84. The van der Waals surface area contributed by atoms with Crippen LogP contribution in [0.15, 0.2) is 41.4 Å². The first kappa shape index (κ1) is 26.3. The van der Waals surface area contributed by atoms with Gasteiger partial charge in [-0.05, 0) is 26.0 Å². The van der Waals surface area contributed by atoms with Crippen LogP contribution in [0, 0.1) is 11.6 Å². The largest absolute Gasteiger partial charge is 0.480 e. The highest BCUT2D eigenvalue weighted by Crippen LogP contribution is 2.27. The van der Waals surface area contributed by atoms with E-state index in [4.69, 9.17) is 9.47 Å². The molecule has 0 aliphatic rings. The Morgan fingerprint density at radius 3 is 2.86 bits per heavy atom. The van der Waals surface area contributed by atoms with Crippen LogP contribution in [0.3, 0.4) is 0 Å². The monoisotopic (exact) mass is 523 g/mol. The molecule has 0 bridgehead atoms. The van der Waals surface area contributed by atoms with Gasteiger partial charge in [0, 0.05) is 18.0 Å². The molecule has 2 aromatic heterocycles. The topological polar surface area (TPSA) is 108 Å². The predicted molar refractivity (Wildman–Crippen MR) is 127 cm³/mol. The summed E-state index contributed by atoms with van der Waals surface area (Å²) in [7, 11) is 0. The van der Waals surface area contributed by atoms with Crippen molar-refractivity contribution >= 4 is 40.1 Å². The average molecular weight is 524 g/mol. The number of aromatic nitrogens is 4. The van der Waals surface area contributed by atoms with Gasteiger partial charge in [-0.1, -0.05) is 17.8 Å². The number of thioether (sulfide) groups is 1. The second kappa shape index (κ2) is 12.4. The molecule has 35 heavy (non-hydrogen) atoms. The highest BCUT2D eigenvalue weighted by molar-refractivity contribution is 7.99. The van der Waals surface area contributed by atoms with E-state index in [0.717, 1.165) is 23.9 Å². The van der Waals surface area contributed by atoms with Crippen LogP contribution >= 0.6 is 23.1 Å². The molecular weight excluding hydrogens is 500 g/mol. The van der Waals surface area contributed by atoms with Crippen molar-refractivity contribution in [3.05, 3.63) is 59.4 Å². The van der Waals surface area contributed by atoms with Crippen LogP contribution in [0.2, 0.25) is 0 Å². The highest BCUT2D eigenvalue weighted by atomic mass is 32.2. The molecule has 0 fully saturated rings. The standard InChI is InChI=1S/C22H23F2N5O4S2/c1-4-8-29-20(13(3)33-17-7-6-14(23)9-16(17)24)27-28-22(29)35-12-18(30)26-21-25-15(11-34-21)10-19(31)32-5-2/h4,6-7,9,11,13H,1,5,8,10,12H2,2-3H3,(H,25,26,30). The van der Waals surface area contributed by atoms with Crippen molar-refractivity contribution < 1.29 is 27.8 Å². The Kier molecular flexibility index (Phi) is 9.32. The molecule has 1 atom stereocenters. The zero-order chi connectivity index (χ0) is 25.4. The maximum absolute atomic E-state index is 14.0. The molecule has 0 spiro atoms. The van der Waals surface area contributed by atoms with Crippen molar-refractivity contribution in [3.8, 4) is 5.75 Å². The van der Waals surface area contributed by atoms with Crippen LogP contribution in [-0.2, 0) is 27.3 Å². The molecule has 3 aromatic rings. The Bertz CT molecular complexity index is 1200. The number of amides is 1. The SMILES string of the molecule is C=CCn1c(SCC(=O)Nc2nc(CC(=O)OCC)cs2)nnc1C(C)Oc1ccc(F)cc1F. The number of nitrogens with one attached hydrogen (secondary N) is 1. The number of rotatable bonds is 12. The lowest BCUT2D eigenvalue weighted by Crippen LogP contribution is -2.16. The van der Waals surface area contributed by atoms with Crippen LogP contribution < -0.4 is 10.1 Å². The van der Waals surface area contributed by atoms with Gasteiger partial charge in [0.15, 0.2) is 33.8 Å². The normalized spacial score (nSPS) is 11.7. The number of hydrogen-bond acceptors (Lipinski definition) is 9. The van der Waals surface area contributed by atoms with Crippen molar-refractivity contribution in [2.45, 2.75) is 38.1 Å². The van der Waals surface area contributed by atoms with E-state index in [0.29, 0.717) is 28.4 Å². The molecule has 13 heteroatoms. The number of carbonyl (C=O) groups excluding carboxylic acids is 2. The van der Waals surface area contributed by atoms with Gasteiger partial charge >= 0.3 is 5.97 Å². The minimum atomic E-state index is -0.828. The van der Waals surface area contributed by atoms with Crippen LogP contribution in [-0.4, -0.2) is 44.0 Å². The number of ether oxygens (including phenoxy) is 2. The van der Waals surface area contributed by atoms with Crippen LogP contribution in [0.25, 0.3) is 0 Å². The lowest BCUT2D eigenvalue weighted by Gasteiger charge is -2.16. The van der Waals surface area contributed by atoms with Gasteiger partial charge in [0.2, 0.25) is 5.91 Å². The third kappa shape index (κ3) is 7.33. The Morgan fingerprint density at radius 2 is 2.14 bits per heavy atom. The van der Waals surface area contributed by atoms with Gasteiger partial charge in [0.1, 0.15) is 5.82 Å². The first-order valence-corrected chi connectivity index (χ1v) is 12.4. The molecule has 0 aliphatic carbocycles. The summed E-state index contributed by atoms with van der Waals surface area (Å²) in [5.74, 6) is -1.95. The number of carbonyl (C=O) groups is 2. The summed E-state index contributed by atoms with van der Waals surface area (Å²) < 4.78 is 39.3. The molecule has 186 valence electrons. The zero-order valence-electron chi connectivity index (χ0n) is 19.0. The number of esters is 1. The molecule has 3 rings (SSSR count). The van der Waals surface area contributed by atoms with Crippen molar-refractivity contribution in [2.24, 2.45) is 0 Å². The summed E-state index contributed by atoms with van der Waals surface area (Å²) in [6.07, 6.45) is 0.951. The Hall–Kier alpha value is -3.32. The van der Waals surface area contributed by atoms with Gasteiger partial charge in [-0.15, -0.1) is 28.1 Å². The van der Waals surface area contributed by atoms with Gasteiger partial charge in [-0.3, -0.25) is 14.2 Å². The average Bonchev–Trinajstić information content (AvgIpc) is 3.41. The molecule has 0 radical (unpaired) electrons. The predicted octanol–water partition coefficient (Wildman–Crippen LogP) is 4.18. The molecule has 9 nitrogen and oxygen atoms in total. The molecule has 0 aliphatic heterocycles. The maximum Gasteiger partial charge on any atom is 0.311 e. The van der Waals surface area contributed by atoms with E-state index in [-0.39, 0.29) is 36.4 Å². The molecule has 0 saturated carbocycles. The number of allylic oxidation sites excluding steroid dienone is 1. The number of thiazole rings is 1. The molecule has 1 N–H and O–H groups in total. The quantitative estimate of drug-likeness (QED) is 0.214. The summed E-state index contributed by atoms with van der Waals surface area (Å²) in [6.45, 7) is 7.72. The second-order valence-electron chi connectivity index (χ2n) is 7.04. The third-order valence-electron chi connectivity index (χ3n) is 4.38. The lowest BCUT2D eigenvalue weighted by molar-refractivity contribution is -0.142. The van der Waals surface area contributed by atoms with Gasteiger partial charge in [0.25, 0.3) is 0 Å². The van der Waals surface area contributed by atoms with Crippen molar-refractivity contribution in [1.82, 2.24) is 19.7 Å². The number of anilines is 1. The summed E-state index contributed by atoms with van der Waals surface area (Å²) in [5.41, 5.74) is 0.512. The summed E-state index contributed by atoms with van der Waals surface area (Å²) in [4.78, 5) is 28.2. The zero-order valence-corrected chi connectivity index (χ0v) is 20.6. The van der Waals surface area contributed by atoms with E-state index in [2.05, 4.69) is 27.1 Å². The number of hydrogen-bond donors (Lipinski definition) is 1. The summed E-state index contributed by atoms with van der Waals surface area (Å²) in [5, 5.41) is 13.4. The first-order chi connectivity index (χ1) is 16.8. The summed E-state index contributed by atoms with van der Waals surface area (Å²) >= 11 is 2.35. The van der Waals surface area contributed by atoms with E-state index in [1.807, 2.05) is 0 Å². The van der Waals surface area contributed by atoms with Gasteiger partial charge in [0.05, 0.1) is 24.5 Å². The molecule has 2 heterocycles. The van der Waals surface area contributed by atoms with E-state index >= 15 is 0 Å². The first-order valence-electron chi connectivity index (χ1n) is 10.5. The number of halogens is 2. The van der Waals surface area contributed by atoms with Gasteiger partial charge in [-0.25, -0.2) is 13.8 Å². The lowest BCUT2D eigenvalue weighted by atomic mass is 10.3. The minimum absolute atomic E-state index is 0.0178. The van der Waals surface area contributed by atoms with Crippen LogP contribution in [0.4, 0.5) is 13.9 Å². The number of benzene rings is 1. The van der Waals surface area contributed by atoms with Crippen molar-refractivity contribution in [3.63, 3.8) is 0 Å². The van der Waals surface area contributed by atoms with Gasteiger partial charge in [-0.2, -0.15) is 0 Å². The van der Waals surface area contributed by atoms with E-state index < -0.39 is 17.7 Å². The minimum Gasteiger partial charge on any atom is -0.480 e. The van der Waals surface area contributed by atoms with E-state index in [1.54, 1.807) is 29.9 Å². The Balaban J connectivity index is 1.61.